The zero-order chi connectivity index (χ0) is 16.8. The summed E-state index contributed by atoms with van der Waals surface area (Å²) in [4.78, 5) is 21.2. The van der Waals surface area contributed by atoms with E-state index in [2.05, 4.69) is 31.2 Å². The van der Waals surface area contributed by atoms with Gasteiger partial charge in [-0.2, -0.15) is 4.98 Å². The van der Waals surface area contributed by atoms with E-state index in [4.69, 9.17) is 4.42 Å². The lowest BCUT2D eigenvalue weighted by atomic mass is 10.1. The molecule has 4 rings (SSSR count). The van der Waals surface area contributed by atoms with Crippen LogP contribution in [0.3, 0.4) is 0 Å². The van der Waals surface area contributed by atoms with Gasteiger partial charge in [0.05, 0.1) is 28.5 Å². The van der Waals surface area contributed by atoms with Crippen LogP contribution in [-0.4, -0.2) is 21.6 Å². The zero-order valence-corrected chi connectivity index (χ0v) is 14.6. The summed E-state index contributed by atoms with van der Waals surface area (Å²) < 4.78 is 8.08. The van der Waals surface area contributed by atoms with Gasteiger partial charge in [-0.3, -0.25) is 9.55 Å². The average molecular weight is 385 g/mol. The molecule has 4 aromatic rings. The molecule has 0 aliphatic rings. The smallest absolute Gasteiger partial charge is 0.354 e. The van der Waals surface area contributed by atoms with Gasteiger partial charge in [0.15, 0.2) is 0 Å². The second-order valence-electron chi connectivity index (χ2n) is 5.35. The molecule has 0 saturated heterocycles. The lowest BCUT2D eigenvalue weighted by Gasteiger charge is -2.14. The summed E-state index contributed by atoms with van der Waals surface area (Å²) in [5.41, 5.74) is 2.44. The van der Waals surface area contributed by atoms with Crippen LogP contribution in [0.2, 0.25) is 0 Å². The molecular formula is C17H13BrN4O2. The van der Waals surface area contributed by atoms with E-state index in [-0.39, 0.29) is 5.69 Å². The van der Waals surface area contributed by atoms with Gasteiger partial charge < -0.3 is 9.73 Å². The Labute approximate surface area is 145 Å². The topological polar surface area (TPSA) is 73.0 Å². The molecule has 0 spiro atoms. The molecule has 0 aliphatic carbocycles. The van der Waals surface area contributed by atoms with Crippen LogP contribution >= 0.6 is 15.9 Å². The number of benzene rings is 1. The highest BCUT2D eigenvalue weighted by Gasteiger charge is 2.18. The normalized spacial score (nSPS) is 11.3. The molecule has 120 valence electrons. The minimum atomic E-state index is -0.374. The maximum atomic E-state index is 12.7. The Bertz CT molecular complexity index is 1150. The van der Waals surface area contributed by atoms with Crippen LogP contribution < -0.4 is 11.0 Å². The van der Waals surface area contributed by atoms with E-state index in [1.54, 1.807) is 30.1 Å². The van der Waals surface area contributed by atoms with Gasteiger partial charge in [-0.25, -0.2) is 4.79 Å². The lowest BCUT2D eigenvalue weighted by Crippen LogP contribution is -2.24. The van der Waals surface area contributed by atoms with Crippen LogP contribution in [0.15, 0.2) is 50.4 Å². The van der Waals surface area contributed by atoms with Gasteiger partial charge in [0.2, 0.25) is 0 Å². The number of hydrogen-bond acceptors (Lipinski definition) is 5. The van der Waals surface area contributed by atoms with Crippen molar-refractivity contribution in [3.05, 3.63) is 57.4 Å². The largest absolute Gasteiger partial charge is 0.463 e. The summed E-state index contributed by atoms with van der Waals surface area (Å²) in [6.07, 6.45) is 3.32. The van der Waals surface area contributed by atoms with E-state index in [9.17, 15) is 4.79 Å². The Morgan fingerprint density at radius 1 is 1.33 bits per heavy atom. The van der Waals surface area contributed by atoms with Crippen LogP contribution in [0.5, 0.6) is 0 Å². The molecule has 0 unspecified atom stereocenters. The number of aromatic nitrogens is 3. The number of hydrogen-bond donors (Lipinski definition) is 1. The fraction of sp³-hybridized carbons (Fsp3) is 0.118. The Hall–Kier alpha value is -2.67. The Morgan fingerprint density at radius 3 is 2.92 bits per heavy atom. The predicted octanol–water partition coefficient (Wildman–Crippen LogP) is 3.64. The SMILES string of the molecule is CNc1nc(=O)n(-c2cccnc2C)c2cc(Br)c3ccoc3c12. The van der Waals surface area contributed by atoms with Crippen molar-refractivity contribution in [1.82, 2.24) is 14.5 Å². The van der Waals surface area contributed by atoms with Gasteiger partial charge in [0, 0.05) is 23.1 Å². The summed E-state index contributed by atoms with van der Waals surface area (Å²) >= 11 is 3.56. The highest BCUT2D eigenvalue weighted by molar-refractivity contribution is 9.10. The number of aryl methyl sites for hydroxylation is 1. The number of nitrogens with zero attached hydrogens (tertiary/aromatic N) is 3. The first kappa shape index (κ1) is 14.9. The van der Waals surface area contributed by atoms with E-state index in [0.29, 0.717) is 22.6 Å². The maximum Gasteiger partial charge on any atom is 0.354 e. The minimum Gasteiger partial charge on any atom is -0.463 e. The minimum absolute atomic E-state index is 0.374. The van der Waals surface area contributed by atoms with E-state index >= 15 is 0 Å². The van der Waals surface area contributed by atoms with Gasteiger partial charge in [0.1, 0.15) is 11.4 Å². The zero-order valence-electron chi connectivity index (χ0n) is 13.0. The van der Waals surface area contributed by atoms with Crippen LogP contribution in [0.4, 0.5) is 5.82 Å². The maximum absolute atomic E-state index is 12.7. The Morgan fingerprint density at radius 2 is 2.17 bits per heavy atom. The summed E-state index contributed by atoms with van der Waals surface area (Å²) in [7, 11) is 1.73. The van der Waals surface area contributed by atoms with Gasteiger partial charge in [-0.05, 0) is 47.1 Å². The third kappa shape index (κ3) is 2.05. The van der Waals surface area contributed by atoms with Crippen molar-refractivity contribution in [1.29, 1.82) is 0 Å². The number of anilines is 1. The molecule has 6 nitrogen and oxygen atoms in total. The summed E-state index contributed by atoms with van der Waals surface area (Å²) in [6, 6.07) is 7.43. The standard InChI is InChI=1S/C17H13BrN4O2/c1-9-12(4-3-6-20-9)22-13-8-11(18)10-5-7-24-15(10)14(13)16(19-2)21-17(22)23/h3-8H,1-2H3,(H,19,21,23). The van der Waals surface area contributed by atoms with Crippen molar-refractivity contribution >= 4 is 43.6 Å². The van der Waals surface area contributed by atoms with Crippen molar-refractivity contribution in [2.24, 2.45) is 0 Å². The Balaban J connectivity index is 2.27. The number of nitrogens with one attached hydrogen (secondary N) is 1. The molecule has 0 radical (unpaired) electrons. The molecule has 3 aromatic heterocycles. The van der Waals surface area contributed by atoms with Gasteiger partial charge >= 0.3 is 5.69 Å². The summed E-state index contributed by atoms with van der Waals surface area (Å²) in [6.45, 7) is 1.86. The molecule has 0 amide bonds. The molecule has 1 N–H and O–H groups in total. The first-order valence-electron chi connectivity index (χ1n) is 7.34. The fourth-order valence-electron chi connectivity index (χ4n) is 2.91. The van der Waals surface area contributed by atoms with Crippen molar-refractivity contribution in [3.8, 4) is 5.69 Å². The van der Waals surface area contributed by atoms with E-state index < -0.39 is 0 Å². The third-order valence-corrected chi connectivity index (χ3v) is 4.66. The quantitative estimate of drug-likeness (QED) is 0.571. The molecule has 24 heavy (non-hydrogen) atoms. The molecule has 7 heteroatoms. The molecule has 0 bridgehead atoms. The second kappa shape index (κ2) is 5.45. The van der Waals surface area contributed by atoms with Gasteiger partial charge in [-0.1, -0.05) is 0 Å². The molecule has 0 aliphatic heterocycles. The van der Waals surface area contributed by atoms with Crippen molar-refractivity contribution < 1.29 is 4.42 Å². The monoisotopic (exact) mass is 384 g/mol. The summed E-state index contributed by atoms with van der Waals surface area (Å²) in [5, 5.41) is 4.67. The van der Waals surface area contributed by atoms with Crippen LogP contribution in [-0.2, 0) is 0 Å². The predicted molar refractivity (Wildman–Crippen MR) is 96.9 cm³/mol. The van der Waals surface area contributed by atoms with Crippen molar-refractivity contribution in [3.63, 3.8) is 0 Å². The van der Waals surface area contributed by atoms with Gasteiger partial charge in [-0.15, -0.1) is 0 Å². The van der Waals surface area contributed by atoms with E-state index in [1.807, 2.05) is 25.1 Å². The molecular weight excluding hydrogens is 372 g/mol. The third-order valence-electron chi connectivity index (χ3n) is 4.00. The Kier molecular flexibility index (Phi) is 3.38. The highest BCUT2D eigenvalue weighted by atomic mass is 79.9. The molecule has 0 fully saturated rings. The number of fused-ring (bicyclic) bond motifs is 3. The molecule has 0 saturated carbocycles. The van der Waals surface area contributed by atoms with Gasteiger partial charge in [0.25, 0.3) is 0 Å². The number of pyridine rings is 1. The van der Waals surface area contributed by atoms with Crippen LogP contribution in [0, 0.1) is 6.92 Å². The highest BCUT2D eigenvalue weighted by Crippen LogP contribution is 2.35. The van der Waals surface area contributed by atoms with Crippen LogP contribution in [0.1, 0.15) is 5.69 Å². The van der Waals surface area contributed by atoms with Crippen molar-refractivity contribution in [2.75, 3.05) is 12.4 Å². The number of furan rings is 1. The molecule has 3 heterocycles. The van der Waals surface area contributed by atoms with Crippen LogP contribution in [0.25, 0.3) is 27.6 Å². The number of rotatable bonds is 2. The average Bonchev–Trinajstić information content (AvgIpc) is 3.05. The first-order chi connectivity index (χ1) is 11.6. The number of halogens is 1. The molecule has 1 aromatic carbocycles. The molecule has 0 atom stereocenters. The van der Waals surface area contributed by atoms with Crippen molar-refractivity contribution in [2.45, 2.75) is 6.92 Å². The van der Waals surface area contributed by atoms with E-state index in [1.165, 1.54) is 0 Å². The lowest BCUT2D eigenvalue weighted by molar-refractivity contribution is 0.619. The fourth-order valence-corrected chi connectivity index (χ4v) is 3.44. The summed E-state index contributed by atoms with van der Waals surface area (Å²) in [5.74, 6) is 0.486. The second-order valence-corrected chi connectivity index (χ2v) is 6.21. The van der Waals surface area contributed by atoms with E-state index in [0.717, 1.165) is 20.9 Å². The first-order valence-corrected chi connectivity index (χ1v) is 8.13.